The Morgan fingerprint density at radius 2 is 1.55 bits per heavy atom. The normalized spacial score (nSPS) is 16.8. The molecule has 8 nitrogen and oxygen atoms in total. The smallest absolute Gasteiger partial charge is 0.319 e. The number of sulfonamides is 1. The van der Waals surface area contributed by atoms with E-state index in [0.717, 1.165) is 16.0 Å². The van der Waals surface area contributed by atoms with Crippen LogP contribution in [0.2, 0.25) is 0 Å². The number of hydrogen-bond acceptors (Lipinski definition) is 4. The third-order valence-corrected chi connectivity index (χ3v) is 6.85. The van der Waals surface area contributed by atoms with Gasteiger partial charge in [-0.1, -0.05) is 60.7 Å². The number of benzene rings is 2. The van der Waals surface area contributed by atoms with Crippen LogP contribution in [-0.2, 0) is 20.6 Å². The second-order valence-electron chi connectivity index (χ2n) is 7.00. The third-order valence-electron chi connectivity index (χ3n) is 5.00. The predicted octanol–water partition coefficient (Wildman–Crippen LogP) is -0.347. The molecule has 0 saturated carbocycles. The van der Waals surface area contributed by atoms with Crippen LogP contribution in [-0.4, -0.2) is 50.8 Å². The Balaban J connectivity index is 1.71. The first kappa shape index (κ1) is 21.0. The van der Waals surface area contributed by atoms with Crippen LogP contribution in [0.15, 0.2) is 60.7 Å². The summed E-state index contributed by atoms with van der Waals surface area (Å²) >= 11 is 0. The minimum atomic E-state index is -3.44. The zero-order chi connectivity index (χ0) is 20.9. The Bertz CT molecular complexity index is 943. The zero-order valence-corrected chi connectivity index (χ0v) is 16.8. The van der Waals surface area contributed by atoms with E-state index in [1.165, 1.54) is 4.31 Å². The molecule has 0 aliphatic carbocycles. The van der Waals surface area contributed by atoms with Gasteiger partial charge < -0.3 is 10.6 Å². The van der Waals surface area contributed by atoms with Gasteiger partial charge in [0, 0.05) is 5.56 Å². The fourth-order valence-electron chi connectivity index (χ4n) is 3.63. The number of imide groups is 1. The van der Waals surface area contributed by atoms with Gasteiger partial charge in [-0.2, -0.15) is 4.31 Å². The number of amides is 3. The molecule has 9 heteroatoms. The lowest BCUT2D eigenvalue weighted by atomic mass is 10.0. The van der Waals surface area contributed by atoms with E-state index in [2.05, 4.69) is 5.32 Å². The van der Waals surface area contributed by atoms with Crippen molar-refractivity contribution in [3.63, 3.8) is 0 Å². The number of primary amides is 1. The number of carbonyl (C=O) groups excluding carboxylic acids is 2. The van der Waals surface area contributed by atoms with Crippen molar-refractivity contribution in [2.24, 2.45) is 5.73 Å². The molecule has 1 atom stereocenters. The van der Waals surface area contributed by atoms with Crippen molar-refractivity contribution in [2.45, 2.75) is 11.8 Å². The molecule has 1 heterocycles. The van der Waals surface area contributed by atoms with Crippen LogP contribution in [0, 0.1) is 0 Å². The van der Waals surface area contributed by atoms with Gasteiger partial charge in [-0.05, 0) is 5.56 Å². The lowest BCUT2D eigenvalue weighted by Crippen LogP contribution is -3.16. The maximum absolute atomic E-state index is 12.8. The minimum Gasteiger partial charge on any atom is -0.351 e. The van der Waals surface area contributed by atoms with Crippen LogP contribution < -0.4 is 16.0 Å². The second-order valence-corrected chi connectivity index (χ2v) is 8.97. The summed E-state index contributed by atoms with van der Waals surface area (Å²) in [7, 11) is -3.44. The first-order chi connectivity index (χ1) is 13.9. The number of hydrogen-bond donors (Lipinski definition) is 3. The summed E-state index contributed by atoms with van der Waals surface area (Å²) in [5, 5.41) is 2.16. The first-order valence-corrected chi connectivity index (χ1v) is 11.0. The SMILES string of the molecule is NC(=O)NC(=O)[C@@H](c1ccccc1)[NH+]1CCN(S(=O)(=O)Cc2ccccc2)CC1. The molecule has 0 radical (unpaired) electrons. The second kappa shape index (κ2) is 9.17. The largest absolute Gasteiger partial charge is 0.351 e. The molecule has 4 N–H and O–H groups in total. The summed E-state index contributed by atoms with van der Waals surface area (Å²) in [5.41, 5.74) is 6.62. The standard InChI is InChI=1S/C20H24N4O4S/c21-20(26)22-19(25)18(17-9-5-2-6-10-17)23-11-13-24(14-12-23)29(27,28)15-16-7-3-1-4-8-16/h1-10,18H,11-15H2,(H3,21,22,25,26)/p+1/t18-/m1/s1. The van der Waals surface area contributed by atoms with Crippen LogP contribution >= 0.6 is 0 Å². The summed E-state index contributed by atoms with van der Waals surface area (Å²) in [6.45, 7) is 1.49. The number of rotatable bonds is 6. The van der Waals surface area contributed by atoms with Crippen LogP contribution in [0.5, 0.6) is 0 Å². The van der Waals surface area contributed by atoms with Crippen LogP contribution in [0.4, 0.5) is 4.79 Å². The summed E-state index contributed by atoms with van der Waals surface area (Å²) < 4.78 is 27.0. The van der Waals surface area contributed by atoms with Gasteiger partial charge in [-0.15, -0.1) is 0 Å². The number of piperazine rings is 1. The lowest BCUT2D eigenvalue weighted by molar-refractivity contribution is -0.925. The highest BCUT2D eigenvalue weighted by atomic mass is 32.2. The molecule has 0 spiro atoms. The van der Waals surface area contributed by atoms with Crippen molar-refractivity contribution in [1.29, 1.82) is 0 Å². The number of nitrogens with one attached hydrogen (secondary N) is 2. The van der Waals surface area contributed by atoms with Gasteiger partial charge in [0.05, 0.1) is 31.9 Å². The molecule has 2 aromatic rings. The van der Waals surface area contributed by atoms with Gasteiger partial charge in [0.1, 0.15) is 0 Å². The van der Waals surface area contributed by atoms with Gasteiger partial charge in [0.25, 0.3) is 5.91 Å². The fourth-order valence-corrected chi connectivity index (χ4v) is 5.16. The average Bonchev–Trinajstić information content (AvgIpc) is 2.69. The van der Waals surface area contributed by atoms with E-state index in [0.29, 0.717) is 26.2 Å². The van der Waals surface area contributed by atoms with Crippen molar-refractivity contribution in [3.8, 4) is 0 Å². The number of quaternary nitrogens is 1. The van der Waals surface area contributed by atoms with Gasteiger partial charge in [-0.3, -0.25) is 10.1 Å². The topological polar surface area (TPSA) is 114 Å². The molecule has 2 aromatic carbocycles. The molecule has 1 fully saturated rings. The highest BCUT2D eigenvalue weighted by Gasteiger charge is 2.37. The summed E-state index contributed by atoms with van der Waals surface area (Å²) in [6.07, 6.45) is 0. The molecule has 0 aromatic heterocycles. The molecule has 0 unspecified atom stereocenters. The third kappa shape index (κ3) is 5.41. The van der Waals surface area contributed by atoms with Gasteiger partial charge >= 0.3 is 6.03 Å². The van der Waals surface area contributed by atoms with Gasteiger partial charge in [0.15, 0.2) is 6.04 Å². The highest BCUT2D eigenvalue weighted by Crippen LogP contribution is 2.13. The van der Waals surface area contributed by atoms with Crippen molar-refractivity contribution >= 4 is 22.0 Å². The molecular weight excluding hydrogens is 392 g/mol. The molecule has 3 rings (SSSR count). The Morgan fingerprint density at radius 3 is 2.10 bits per heavy atom. The van der Waals surface area contributed by atoms with Crippen molar-refractivity contribution in [2.75, 3.05) is 26.2 Å². The molecule has 1 aliphatic rings. The molecular formula is C20H25N4O4S+. The quantitative estimate of drug-likeness (QED) is 0.596. The van der Waals surface area contributed by atoms with E-state index in [1.54, 1.807) is 12.1 Å². The summed E-state index contributed by atoms with van der Waals surface area (Å²) in [5.74, 6) is -0.535. The van der Waals surface area contributed by atoms with Crippen molar-refractivity contribution < 1.29 is 22.9 Å². The predicted molar refractivity (Wildman–Crippen MR) is 108 cm³/mol. The molecule has 154 valence electrons. The fraction of sp³-hybridized carbons (Fsp3) is 0.300. The Morgan fingerprint density at radius 1 is 1.00 bits per heavy atom. The molecule has 1 saturated heterocycles. The minimum absolute atomic E-state index is 0.0482. The Hall–Kier alpha value is -2.75. The van der Waals surface area contributed by atoms with Crippen LogP contribution in [0.3, 0.4) is 0 Å². The molecule has 29 heavy (non-hydrogen) atoms. The van der Waals surface area contributed by atoms with Crippen molar-refractivity contribution in [1.82, 2.24) is 9.62 Å². The van der Waals surface area contributed by atoms with Crippen molar-refractivity contribution in [3.05, 3.63) is 71.8 Å². The molecule has 3 amide bonds. The van der Waals surface area contributed by atoms with Gasteiger partial charge in [0.2, 0.25) is 10.0 Å². The van der Waals surface area contributed by atoms with Crippen LogP contribution in [0.25, 0.3) is 0 Å². The zero-order valence-electron chi connectivity index (χ0n) is 16.0. The van der Waals surface area contributed by atoms with E-state index in [-0.39, 0.29) is 5.75 Å². The molecule has 1 aliphatic heterocycles. The average molecular weight is 418 g/mol. The maximum atomic E-state index is 12.8. The number of urea groups is 1. The van der Waals surface area contributed by atoms with E-state index < -0.39 is 28.0 Å². The monoisotopic (exact) mass is 417 g/mol. The van der Waals surface area contributed by atoms with E-state index in [4.69, 9.17) is 5.73 Å². The Kier molecular flexibility index (Phi) is 6.63. The number of nitrogens with two attached hydrogens (primary N) is 1. The van der Waals surface area contributed by atoms with E-state index >= 15 is 0 Å². The number of carbonyl (C=O) groups is 2. The maximum Gasteiger partial charge on any atom is 0.319 e. The van der Waals surface area contributed by atoms with Gasteiger partial charge in [-0.25, -0.2) is 13.2 Å². The first-order valence-electron chi connectivity index (χ1n) is 9.38. The summed E-state index contributed by atoms with van der Waals surface area (Å²) in [6, 6.07) is 16.6. The Labute approximate surface area is 170 Å². The number of nitrogens with zero attached hydrogens (tertiary/aromatic N) is 1. The van der Waals surface area contributed by atoms with E-state index in [9.17, 15) is 18.0 Å². The lowest BCUT2D eigenvalue weighted by Gasteiger charge is -2.35. The van der Waals surface area contributed by atoms with Crippen LogP contribution in [0.1, 0.15) is 17.2 Å². The molecule has 0 bridgehead atoms. The van der Waals surface area contributed by atoms with E-state index in [1.807, 2.05) is 48.5 Å². The highest BCUT2D eigenvalue weighted by molar-refractivity contribution is 7.88. The summed E-state index contributed by atoms with van der Waals surface area (Å²) in [4.78, 5) is 24.7.